The molecule has 1 aliphatic rings. The van der Waals surface area contributed by atoms with E-state index in [2.05, 4.69) is 6.58 Å². The van der Waals surface area contributed by atoms with Crippen LogP contribution in [0.3, 0.4) is 0 Å². The minimum absolute atomic E-state index is 0.00817. The molecule has 4 nitrogen and oxygen atoms in total. The Labute approximate surface area is 126 Å². The highest BCUT2D eigenvalue weighted by atomic mass is 16.5. The first-order valence-corrected chi connectivity index (χ1v) is 7.28. The first-order chi connectivity index (χ1) is 9.51. The maximum Gasteiger partial charge on any atom is 0.302 e. The first kappa shape index (κ1) is 17.6. The van der Waals surface area contributed by atoms with Crippen LogP contribution in [0.4, 0.5) is 0 Å². The lowest BCUT2D eigenvalue weighted by atomic mass is 9.68. The van der Waals surface area contributed by atoms with E-state index in [-0.39, 0.29) is 18.2 Å². The largest absolute Gasteiger partial charge is 0.461 e. The number of ketones is 1. The Hall–Kier alpha value is -1.42. The van der Waals surface area contributed by atoms with Crippen LogP contribution in [-0.2, 0) is 14.3 Å². The molecule has 0 aliphatic heterocycles. The predicted octanol–water partition coefficient (Wildman–Crippen LogP) is 2.95. The van der Waals surface area contributed by atoms with Gasteiger partial charge in [-0.05, 0) is 32.3 Å². The molecule has 1 N–H and O–H groups in total. The SMILES string of the molecule is C=CC(C)(O)CCC1=C(C)C(=O)CC(OC(C)=O)C1(C)C. The molecule has 0 aromatic rings. The summed E-state index contributed by atoms with van der Waals surface area (Å²) < 4.78 is 5.34. The molecule has 1 aliphatic carbocycles. The fraction of sp³-hybridized carbons (Fsp3) is 0.647. The Morgan fingerprint density at radius 3 is 2.62 bits per heavy atom. The predicted molar refractivity (Wildman–Crippen MR) is 81.7 cm³/mol. The van der Waals surface area contributed by atoms with Gasteiger partial charge in [-0.1, -0.05) is 25.5 Å². The molecule has 2 unspecified atom stereocenters. The van der Waals surface area contributed by atoms with E-state index in [0.717, 1.165) is 11.1 Å². The number of aliphatic hydroxyl groups is 1. The molecule has 0 bridgehead atoms. The van der Waals surface area contributed by atoms with E-state index in [4.69, 9.17) is 4.74 Å². The summed E-state index contributed by atoms with van der Waals surface area (Å²) in [6.45, 7) is 12.4. The Bertz CT molecular complexity index is 483. The lowest BCUT2D eigenvalue weighted by molar-refractivity contribution is -0.153. The van der Waals surface area contributed by atoms with Crippen molar-refractivity contribution in [2.24, 2.45) is 5.41 Å². The van der Waals surface area contributed by atoms with Gasteiger partial charge in [0, 0.05) is 18.8 Å². The van der Waals surface area contributed by atoms with Crippen LogP contribution in [0.1, 0.15) is 53.9 Å². The van der Waals surface area contributed by atoms with Gasteiger partial charge in [0.1, 0.15) is 6.10 Å². The van der Waals surface area contributed by atoms with E-state index in [1.54, 1.807) is 6.92 Å². The van der Waals surface area contributed by atoms with E-state index in [1.165, 1.54) is 13.0 Å². The molecule has 0 saturated carbocycles. The fourth-order valence-corrected chi connectivity index (χ4v) is 2.80. The number of esters is 1. The molecule has 0 spiro atoms. The standard InChI is InChI=1S/C17H26O4/c1-7-17(6,20)9-8-13-11(2)14(19)10-15(16(13,4)5)21-12(3)18/h7,15,20H,1,8-10H2,2-6H3. The third-order valence-electron chi connectivity index (χ3n) is 4.45. The summed E-state index contributed by atoms with van der Waals surface area (Å²) in [6.07, 6.45) is 2.33. The van der Waals surface area contributed by atoms with Gasteiger partial charge in [0.15, 0.2) is 5.78 Å². The van der Waals surface area contributed by atoms with Crippen LogP contribution in [0.5, 0.6) is 0 Å². The van der Waals surface area contributed by atoms with Crippen molar-refractivity contribution in [1.82, 2.24) is 0 Å². The summed E-state index contributed by atoms with van der Waals surface area (Å²) in [5, 5.41) is 10.1. The highest BCUT2D eigenvalue weighted by Gasteiger charge is 2.42. The minimum atomic E-state index is -0.971. The average molecular weight is 294 g/mol. The number of carbonyl (C=O) groups excluding carboxylic acids is 2. The Morgan fingerprint density at radius 1 is 1.57 bits per heavy atom. The molecule has 0 aromatic heterocycles. The topological polar surface area (TPSA) is 63.6 Å². The van der Waals surface area contributed by atoms with Gasteiger partial charge in [-0.25, -0.2) is 0 Å². The zero-order valence-corrected chi connectivity index (χ0v) is 13.7. The summed E-state index contributed by atoms with van der Waals surface area (Å²) in [7, 11) is 0. The first-order valence-electron chi connectivity index (χ1n) is 7.28. The molecule has 0 heterocycles. The molecule has 0 radical (unpaired) electrons. The van der Waals surface area contributed by atoms with Crippen molar-refractivity contribution in [1.29, 1.82) is 0 Å². The van der Waals surface area contributed by atoms with Gasteiger partial charge in [-0.15, -0.1) is 6.58 Å². The summed E-state index contributed by atoms with van der Waals surface area (Å²) in [4.78, 5) is 23.4. The van der Waals surface area contributed by atoms with E-state index in [1.807, 2.05) is 20.8 Å². The molecule has 118 valence electrons. The number of hydrogen-bond acceptors (Lipinski definition) is 4. The average Bonchev–Trinajstić information content (AvgIpc) is 2.35. The maximum absolute atomic E-state index is 12.1. The van der Waals surface area contributed by atoms with Crippen molar-refractivity contribution < 1.29 is 19.4 Å². The molecule has 2 atom stereocenters. The Morgan fingerprint density at radius 2 is 2.14 bits per heavy atom. The van der Waals surface area contributed by atoms with Crippen molar-refractivity contribution >= 4 is 11.8 Å². The maximum atomic E-state index is 12.1. The van der Waals surface area contributed by atoms with Gasteiger partial charge >= 0.3 is 5.97 Å². The smallest absolute Gasteiger partial charge is 0.302 e. The van der Waals surface area contributed by atoms with Gasteiger partial charge in [0.25, 0.3) is 0 Å². The molecule has 0 aromatic carbocycles. The molecule has 0 amide bonds. The number of carbonyl (C=O) groups is 2. The summed E-state index contributed by atoms with van der Waals surface area (Å²) in [5.41, 5.74) is 0.289. The van der Waals surface area contributed by atoms with Gasteiger partial charge in [-0.3, -0.25) is 9.59 Å². The van der Waals surface area contributed by atoms with E-state index >= 15 is 0 Å². The van der Waals surface area contributed by atoms with Crippen LogP contribution < -0.4 is 0 Å². The molecule has 0 fully saturated rings. The van der Waals surface area contributed by atoms with Crippen molar-refractivity contribution in [3.63, 3.8) is 0 Å². The van der Waals surface area contributed by atoms with E-state index in [0.29, 0.717) is 12.8 Å². The number of allylic oxidation sites excluding steroid dienone is 1. The minimum Gasteiger partial charge on any atom is -0.461 e. The van der Waals surface area contributed by atoms with E-state index in [9.17, 15) is 14.7 Å². The van der Waals surface area contributed by atoms with Crippen molar-refractivity contribution in [3.05, 3.63) is 23.8 Å². The number of ether oxygens (including phenoxy) is 1. The van der Waals surface area contributed by atoms with Gasteiger partial charge < -0.3 is 9.84 Å². The van der Waals surface area contributed by atoms with Gasteiger partial charge in [-0.2, -0.15) is 0 Å². The second-order valence-electron chi connectivity index (χ2n) is 6.61. The zero-order valence-electron chi connectivity index (χ0n) is 13.7. The van der Waals surface area contributed by atoms with Crippen LogP contribution >= 0.6 is 0 Å². The number of rotatable bonds is 5. The van der Waals surface area contributed by atoms with Gasteiger partial charge in [0.2, 0.25) is 0 Å². The van der Waals surface area contributed by atoms with Crippen molar-refractivity contribution in [3.8, 4) is 0 Å². The molecule has 0 saturated heterocycles. The second kappa shape index (κ2) is 6.14. The zero-order chi connectivity index (χ0) is 16.4. The van der Waals surface area contributed by atoms with Crippen LogP contribution in [0.25, 0.3) is 0 Å². The monoisotopic (exact) mass is 294 g/mol. The Balaban J connectivity index is 3.06. The lowest BCUT2D eigenvalue weighted by Gasteiger charge is -2.41. The summed E-state index contributed by atoms with van der Waals surface area (Å²) in [5.74, 6) is -0.369. The number of Topliss-reactive ketones (excluding diaryl/α,β-unsaturated/α-hetero) is 1. The molecule has 1 rings (SSSR count). The Kier molecular flexibility index (Phi) is 5.16. The van der Waals surface area contributed by atoms with Crippen molar-refractivity contribution in [2.75, 3.05) is 0 Å². The van der Waals surface area contributed by atoms with Gasteiger partial charge in [0.05, 0.1) is 5.60 Å². The quantitative estimate of drug-likeness (QED) is 0.625. The number of hydrogen-bond donors (Lipinski definition) is 1. The third-order valence-corrected chi connectivity index (χ3v) is 4.45. The molecular weight excluding hydrogens is 268 g/mol. The van der Waals surface area contributed by atoms with Crippen LogP contribution in [0.2, 0.25) is 0 Å². The van der Waals surface area contributed by atoms with Crippen LogP contribution in [-0.4, -0.2) is 28.6 Å². The van der Waals surface area contributed by atoms with Crippen LogP contribution in [0, 0.1) is 5.41 Å². The summed E-state index contributed by atoms with van der Waals surface area (Å²) >= 11 is 0. The van der Waals surface area contributed by atoms with Crippen LogP contribution in [0.15, 0.2) is 23.8 Å². The van der Waals surface area contributed by atoms with Crippen molar-refractivity contribution in [2.45, 2.75) is 65.6 Å². The second-order valence-corrected chi connectivity index (χ2v) is 6.61. The van der Waals surface area contributed by atoms with E-state index < -0.39 is 17.1 Å². The molecular formula is C17H26O4. The highest BCUT2D eigenvalue weighted by molar-refractivity contribution is 5.97. The highest BCUT2D eigenvalue weighted by Crippen LogP contribution is 2.43. The third kappa shape index (κ3) is 4.03. The fourth-order valence-electron chi connectivity index (χ4n) is 2.80. The summed E-state index contributed by atoms with van der Waals surface area (Å²) in [6, 6.07) is 0. The normalized spacial score (nSPS) is 24.5. The molecule has 4 heteroatoms. The lowest BCUT2D eigenvalue weighted by Crippen LogP contribution is -2.42. The molecule has 21 heavy (non-hydrogen) atoms.